The number of methoxy groups -OCH3 is 1. The van der Waals surface area contributed by atoms with Crippen molar-refractivity contribution in [2.75, 3.05) is 17.7 Å². The number of aryl methyl sites for hydroxylation is 1. The largest absolute Gasteiger partial charge is 0.464 e. The summed E-state index contributed by atoms with van der Waals surface area (Å²) < 4.78 is 33.0. The standard InChI is InChI=1S/C19H18F2N4O3/c1-10(26)24-16-15-7-14(22-8-11-4-12(20)6-13(21)5-11)9-23-18(15)25(2)17(16)19(27)28-3/h4-7,9,22H,8H2,1-3H3,(H,24,26). The van der Waals surface area contributed by atoms with E-state index in [1.54, 1.807) is 13.1 Å². The van der Waals surface area contributed by atoms with Crippen LogP contribution in [0.3, 0.4) is 0 Å². The summed E-state index contributed by atoms with van der Waals surface area (Å²) in [5.41, 5.74) is 1.87. The van der Waals surface area contributed by atoms with E-state index in [1.165, 1.54) is 36.9 Å². The minimum absolute atomic E-state index is 0.157. The number of nitrogens with one attached hydrogen (secondary N) is 2. The minimum atomic E-state index is -0.663. The average Bonchev–Trinajstić information content (AvgIpc) is 2.89. The molecule has 0 aliphatic rings. The van der Waals surface area contributed by atoms with Crippen molar-refractivity contribution in [1.82, 2.24) is 9.55 Å². The number of ether oxygens (including phenoxy) is 1. The lowest BCUT2D eigenvalue weighted by atomic mass is 10.2. The predicted octanol–water partition coefficient (Wildman–Crippen LogP) is 3.21. The van der Waals surface area contributed by atoms with E-state index in [0.717, 1.165) is 6.07 Å². The van der Waals surface area contributed by atoms with Gasteiger partial charge < -0.3 is 19.9 Å². The number of anilines is 2. The zero-order valence-electron chi connectivity index (χ0n) is 15.5. The van der Waals surface area contributed by atoms with Gasteiger partial charge in [-0.05, 0) is 23.8 Å². The van der Waals surface area contributed by atoms with Crippen molar-refractivity contribution >= 4 is 34.3 Å². The van der Waals surface area contributed by atoms with Crippen LogP contribution in [0.4, 0.5) is 20.2 Å². The van der Waals surface area contributed by atoms with Crippen molar-refractivity contribution in [3.63, 3.8) is 0 Å². The number of nitrogens with zero attached hydrogens (tertiary/aromatic N) is 2. The molecule has 0 saturated carbocycles. The number of esters is 1. The van der Waals surface area contributed by atoms with Crippen LogP contribution < -0.4 is 10.6 Å². The van der Waals surface area contributed by atoms with Crippen molar-refractivity contribution in [2.24, 2.45) is 7.05 Å². The van der Waals surface area contributed by atoms with Crippen molar-refractivity contribution < 1.29 is 23.1 Å². The number of hydrogen-bond acceptors (Lipinski definition) is 5. The normalized spacial score (nSPS) is 10.8. The molecule has 1 aromatic carbocycles. The SMILES string of the molecule is COC(=O)c1c(NC(C)=O)c2cc(NCc3cc(F)cc(F)c3)cnc2n1C. The molecule has 146 valence electrons. The first-order valence-corrected chi connectivity index (χ1v) is 8.33. The van der Waals surface area contributed by atoms with Crippen molar-refractivity contribution in [3.05, 3.63) is 53.4 Å². The molecule has 2 aromatic heterocycles. The number of pyridine rings is 1. The molecule has 0 aliphatic heterocycles. The number of hydrogen-bond donors (Lipinski definition) is 2. The maximum atomic E-state index is 13.3. The van der Waals surface area contributed by atoms with E-state index in [4.69, 9.17) is 4.74 Å². The van der Waals surface area contributed by atoms with Crippen molar-refractivity contribution in [2.45, 2.75) is 13.5 Å². The molecule has 0 fully saturated rings. The highest BCUT2D eigenvalue weighted by Crippen LogP contribution is 2.31. The van der Waals surface area contributed by atoms with E-state index in [9.17, 15) is 18.4 Å². The maximum Gasteiger partial charge on any atom is 0.356 e. The van der Waals surface area contributed by atoms with Crippen LogP contribution in [0.2, 0.25) is 0 Å². The second kappa shape index (κ2) is 7.63. The molecule has 0 spiro atoms. The molecule has 2 heterocycles. The van der Waals surface area contributed by atoms with Gasteiger partial charge in [-0.25, -0.2) is 18.6 Å². The molecule has 9 heteroatoms. The van der Waals surface area contributed by atoms with E-state index in [-0.39, 0.29) is 23.8 Å². The fraction of sp³-hybridized carbons (Fsp3) is 0.211. The third-order valence-corrected chi connectivity index (χ3v) is 4.12. The number of halogens is 2. The van der Waals surface area contributed by atoms with Crippen LogP contribution >= 0.6 is 0 Å². The molecule has 7 nitrogen and oxygen atoms in total. The summed E-state index contributed by atoms with van der Waals surface area (Å²) in [6.45, 7) is 1.49. The molecule has 3 rings (SSSR count). The third-order valence-electron chi connectivity index (χ3n) is 4.12. The van der Waals surface area contributed by atoms with Crippen LogP contribution in [0, 0.1) is 11.6 Å². The Morgan fingerprint density at radius 1 is 1.18 bits per heavy atom. The molecular formula is C19H18F2N4O3. The first-order valence-electron chi connectivity index (χ1n) is 8.33. The van der Waals surface area contributed by atoms with Gasteiger partial charge in [0.2, 0.25) is 5.91 Å². The lowest BCUT2D eigenvalue weighted by molar-refractivity contribution is -0.114. The first kappa shape index (κ1) is 19.3. The number of carbonyl (C=O) groups excluding carboxylic acids is 2. The van der Waals surface area contributed by atoms with Gasteiger partial charge in [-0.15, -0.1) is 0 Å². The molecule has 0 saturated heterocycles. The van der Waals surface area contributed by atoms with Crippen molar-refractivity contribution in [1.29, 1.82) is 0 Å². The molecule has 3 aromatic rings. The summed E-state index contributed by atoms with van der Waals surface area (Å²) in [7, 11) is 2.88. The zero-order chi connectivity index (χ0) is 20.4. The van der Waals surface area contributed by atoms with Gasteiger partial charge >= 0.3 is 5.97 Å². The Kier molecular flexibility index (Phi) is 5.25. The van der Waals surface area contributed by atoms with Crippen LogP contribution in [0.25, 0.3) is 11.0 Å². The highest BCUT2D eigenvalue weighted by molar-refractivity contribution is 6.10. The summed E-state index contributed by atoms with van der Waals surface area (Å²) >= 11 is 0. The summed E-state index contributed by atoms with van der Waals surface area (Å²) in [6, 6.07) is 4.94. The Morgan fingerprint density at radius 2 is 1.86 bits per heavy atom. The van der Waals surface area contributed by atoms with Crippen LogP contribution in [-0.2, 0) is 23.1 Å². The second-order valence-corrected chi connectivity index (χ2v) is 6.18. The molecule has 0 radical (unpaired) electrons. The summed E-state index contributed by atoms with van der Waals surface area (Å²) in [4.78, 5) is 28.1. The molecule has 1 amide bonds. The Labute approximate surface area is 159 Å². The van der Waals surface area contributed by atoms with E-state index >= 15 is 0 Å². The fourth-order valence-corrected chi connectivity index (χ4v) is 2.96. The van der Waals surface area contributed by atoms with E-state index in [2.05, 4.69) is 15.6 Å². The van der Waals surface area contributed by atoms with Crippen LogP contribution in [0.5, 0.6) is 0 Å². The summed E-state index contributed by atoms with van der Waals surface area (Å²) in [5, 5.41) is 6.19. The molecular weight excluding hydrogens is 370 g/mol. The molecule has 0 aliphatic carbocycles. The van der Waals surface area contributed by atoms with Gasteiger partial charge in [0.25, 0.3) is 0 Å². The zero-order valence-corrected chi connectivity index (χ0v) is 15.5. The Hall–Kier alpha value is -3.49. The van der Waals surface area contributed by atoms with Crippen LogP contribution in [-0.4, -0.2) is 28.5 Å². The molecule has 0 atom stereocenters. The number of aromatic nitrogens is 2. The van der Waals surface area contributed by atoms with Gasteiger partial charge in [-0.1, -0.05) is 0 Å². The average molecular weight is 388 g/mol. The third kappa shape index (κ3) is 3.78. The van der Waals surface area contributed by atoms with Gasteiger partial charge in [0.15, 0.2) is 5.69 Å². The molecule has 28 heavy (non-hydrogen) atoms. The smallest absolute Gasteiger partial charge is 0.356 e. The molecule has 0 bridgehead atoms. The fourth-order valence-electron chi connectivity index (χ4n) is 2.96. The van der Waals surface area contributed by atoms with Gasteiger partial charge in [-0.3, -0.25) is 4.79 Å². The van der Waals surface area contributed by atoms with Gasteiger partial charge in [0.05, 0.1) is 24.7 Å². The molecule has 2 N–H and O–H groups in total. The minimum Gasteiger partial charge on any atom is -0.464 e. The lowest BCUT2D eigenvalue weighted by Gasteiger charge is -2.08. The number of fused-ring (bicyclic) bond motifs is 1. The Balaban J connectivity index is 1.99. The quantitative estimate of drug-likeness (QED) is 0.656. The van der Waals surface area contributed by atoms with Gasteiger partial charge in [-0.2, -0.15) is 0 Å². The van der Waals surface area contributed by atoms with Gasteiger partial charge in [0, 0.05) is 32.0 Å². The van der Waals surface area contributed by atoms with Crippen LogP contribution in [0.15, 0.2) is 30.5 Å². The molecule has 0 unspecified atom stereocenters. The Bertz CT molecular complexity index is 1060. The predicted molar refractivity (Wildman–Crippen MR) is 100 cm³/mol. The van der Waals surface area contributed by atoms with Crippen molar-refractivity contribution in [3.8, 4) is 0 Å². The van der Waals surface area contributed by atoms with Crippen LogP contribution in [0.1, 0.15) is 23.0 Å². The van der Waals surface area contributed by atoms with E-state index in [1.807, 2.05) is 0 Å². The highest BCUT2D eigenvalue weighted by Gasteiger charge is 2.23. The van der Waals surface area contributed by atoms with E-state index < -0.39 is 17.6 Å². The maximum absolute atomic E-state index is 13.3. The summed E-state index contributed by atoms with van der Waals surface area (Å²) in [5.74, 6) is -2.30. The topological polar surface area (TPSA) is 85.2 Å². The monoisotopic (exact) mass is 388 g/mol. The number of benzene rings is 1. The second-order valence-electron chi connectivity index (χ2n) is 6.18. The number of amides is 1. The number of rotatable bonds is 5. The van der Waals surface area contributed by atoms with E-state index in [0.29, 0.717) is 22.3 Å². The number of carbonyl (C=O) groups is 2. The van der Waals surface area contributed by atoms with Gasteiger partial charge in [0.1, 0.15) is 17.3 Å². The lowest BCUT2D eigenvalue weighted by Crippen LogP contribution is -2.13. The highest BCUT2D eigenvalue weighted by atomic mass is 19.1. The Morgan fingerprint density at radius 3 is 2.46 bits per heavy atom. The first-order chi connectivity index (χ1) is 13.3. The summed E-state index contributed by atoms with van der Waals surface area (Å²) in [6.07, 6.45) is 1.52.